The van der Waals surface area contributed by atoms with Crippen molar-refractivity contribution in [2.24, 2.45) is 0 Å². The highest BCUT2D eigenvalue weighted by Gasteiger charge is 1.98. The average Bonchev–Trinajstić information content (AvgIpc) is 2.03. The lowest BCUT2D eigenvalue weighted by Crippen LogP contribution is -1.95. The summed E-state index contributed by atoms with van der Waals surface area (Å²) in [5, 5.41) is 16.8. The number of aliphatic hydroxyl groups is 1. The topological polar surface area (TPSA) is 61.1 Å². The van der Waals surface area contributed by atoms with Gasteiger partial charge in [0.25, 0.3) is 0 Å². The van der Waals surface area contributed by atoms with E-state index in [1.807, 2.05) is 0 Å². The van der Waals surface area contributed by atoms with Gasteiger partial charge in [-0.2, -0.15) is 5.26 Å². The largest absolute Gasteiger partial charge is 0.504 e. The van der Waals surface area contributed by atoms with E-state index in [1.54, 1.807) is 6.07 Å². The van der Waals surface area contributed by atoms with Gasteiger partial charge in [-0.3, -0.25) is 4.79 Å². The molecule has 0 rings (SSSR count). The zero-order chi connectivity index (χ0) is 8.69. The van der Waals surface area contributed by atoms with Crippen LogP contribution in [0.25, 0.3) is 0 Å². The van der Waals surface area contributed by atoms with Crippen LogP contribution in [0.2, 0.25) is 0 Å². The van der Waals surface area contributed by atoms with Crippen LogP contribution in [0.1, 0.15) is 0 Å². The van der Waals surface area contributed by atoms with Crippen LogP contribution in [0, 0.1) is 11.3 Å². The Balaban J connectivity index is 4.25. The van der Waals surface area contributed by atoms with E-state index in [2.05, 4.69) is 6.58 Å². The predicted molar refractivity (Wildman–Crippen MR) is 40.7 cm³/mol. The van der Waals surface area contributed by atoms with Crippen molar-refractivity contribution in [3.8, 4) is 6.07 Å². The minimum Gasteiger partial charge on any atom is -0.504 e. The molecular formula is C8H7NO2. The molecule has 0 spiro atoms. The van der Waals surface area contributed by atoms with Gasteiger partial charge in [-0.15, -0.1) is 0 Å². The van der Waals surface area contributed by atoms with E-state index >= 15 is 0 Å². The van der Waals surface area contributed by atoms with Crippen molar-refractivity contribution in [3.05, 3.63) is 36.6 Å². The Bertz CT molecular complexity index is 256. The fourth-order valence-electron chi connectivity index (χ4n) is 0.369. The smallest absolute Gasteiger partial charge is 0.219 e. The second-order valence-electron chi connectivity index (χ2n) is 1.61. The Labute approximate surface area is 64.6 Å². The normalized spacial score (nSPS) is 11.0. The molecule has 0 saturated heterocycles. The Hall–Kier alpha value is -1.82. The SMILES string of the molecule is C=CC(=O)/C(O)=C/C=C/C#N. The highest BCUT2D eigenvalue weighted by atomic mass is 16.3. The van der Waals surface area contributed by atoms with Crippen molar-refractivity contribution in [3.63, 3.8) is 0 Å². The predicted octanol–water partition coefficient (Wildman–Crippen LogP) is 1.26. The summed E-state index contributed by atoms with van der Waals surface area (Å²) < 4.78 is 0. The third-order valence-electron chi connectivity index (χ3n) is 0.863. The van der Waals surface area contributed by atoms with Gasteiger partial charge in [0.1, 0.15) is 0 Å². The van der Waals surface area contributed by atoms with E-state index in [4.69, 9.17) is 10.4 Å². The molecule has 0 radical (unpaired) electrons. The second kappa shape index (κ2) is 5.00. The second-order valence-corrected chi connectivity index (χ2v) is 1.61. The Kier molecular flexibility index (Phi) is 4.18. The lowest BCUT2D eigenvalue weighted by Gasteiger charge is -1.87. The first-order chi connectivity index (χ1) is 5.22. The summed E-state index contributed by atoms with van der Waals surface area (Å²) in [5.41, 5.74) is 0. The highest BCUT2D eigenvalue weighted by Crippen LogP contribution is 1.91. The monoisotopic (exact) mass is 149 g/mol. The Morgan fingerprint density at radius 1 is 1.64 bits per heavy atom. The molecule has 0 amide bonds. The van der Waals surface area contributed by atoms with Gasteiger partial charge in [0, 0.05) is 6.08 Å². The van der Waals surface area contributed by atoms with Crippen LogP contribution in [0.4, 0.5) is 0 Å². The zero-order valence-electron chi connectivity index (χ0n) is 5.82. The van der Waals surface area contributed by atoms with E-state index in [0.29, 0.717) is 0 Å². The number of carbonyl (C=O) groups excluding carboxylic acids is 1. The summed E-state index contributed by atoms with van der Waals surface area (Å²) in [6, 6.07) is 1.71. The first kappa shape index (κ1) is 9.18. The molecule has 0 aliphatic carbocycles. The molecule has 0 aliphatic rings. The van der Waals surface area contributed by atoms with Crippen LogP contribution in [-0.4, -0.2) is 10.9 Å². The molecule has 3 nitrogen and oxygen atoms in total. The maximum Gasteiger partial charge on any atom is 0.219 e. The fraction of sp³-hybridized carbons (Fsp3) is 0. The van der Waals surface area contributed by atoms with Crippen LogP contribution in [0.3, 0.4) is 0 Å². The minimum absolute atomic E-state index is 0.425. The lowest BCUT2D eigenvalue weighted by molar-refractivity contribution is -0.113. The summed E-state index contributed by atoms with van der Waals surface area (Å²) in [7, 11) is 0. The number of nitrogens with zero attached hydrogens (tertiary/aromatic N) is 1. The van der Waals surface area contributed by atoms with Gasteiger partial charge >= 0.3 is 0 Å². The molecular weight excluding hydrogens is 142 g/mol. The number of rotatable bonds is 3. The van der Waals surface area contributed by atoms with Crippen molar-refractivity contribution >= 4 is 5.78 Å². The van der Waals surface area contributed by atoms with E-state index in [9.17, 15) is 4.79 Å². The summed E-state index contributed by atoms with van der Waals surface area (Å²) in [6.45, 7) is 3.17. The van der Waals surface area contributed by atoms with Crippen LogP contribution in [0.5, 0.6) is 0 Å². The number of hydrogen-bond donors (Lipinski definition) is 1. The minimum atomic E-state index is -0.562. The van der Waals surface area contributed by atoms with Crippen molar-refractivity contribution in [2.45, 2.75) is 0 Å². The van der Waals surface area contributed by atoms with Gasteiger partial charge in [0.15, 0.2) is 5.76 Å². The van der Waals surface area contributed by atoms with Gasteiger partial charge < -0.3 is 5.11 Å². The molecule has 0 bridgehead atoms. The van der Waals surface area contributed by atoms with Crippen molar-refractivity contribution in [1.29, 1.82) is 5.26 Å². The third kappa shape index (κ3) is 3.71. The molecule has 3 heteroatoms. The van der Waals surface area contributed by atoms with Gasteiger partial charge in [-0.25, -0.2) is 0 Å². The molecule has 0 saturated carbocycles. The van der Waals surface area contributed by atoms with Gasteiger partial charge in [-0.1, -0.05) is 6.58 Å². The Morgan fingerprint density at radius 3 is 2.73 bits per heavy atom. The number of hydrogen-bond acceptors (Lipinski definition) is 3. The summed E-state index contributed by atoms with van der Waals surface area (Å²) in [6.07, 6.45) is 4.54. The standard InChI is InChI=1S/C8H7NO2/c1-2-7(10)8(11)5-3-4-6-9/h2-5,11H,1H2/b4-3+,8-5-. The number of carbonyl (C=O) groups is 1. The number of nitriles is 1. The van der Waals surface area contributed by atoms with E-state index in [1.165, 1.54) is 6.08 Å². The number of aliphatic hydroxyl groups excluding tert-OH is 1. The molecule has 0 aliphatic heterocycles. The van der Waals surface area contributed by atoms with Crippen LogP contribution < -0.4 is 0 Å². The molecule has 0 aromatic carbocycles. The lowest BCUT2D eigenvalue weighted by atomic mass is 10.3. The molecule has 1 N–H and O–H groups in total. The maximum atomic E-state index is 10.6. The quantitative estimate of drug-likeness (QED) is 0.284. The molecule has 11 heavy (non-hydrogen) atoms. The summed E-state index contributed by atoms with van der Waals surface area (Å²) in [4.78, 5) is 10.6. The fourth-order valence-corrected chi connectivity index (χ4v) is 0.369. The number of allylic oxidation sites excluding steroid dienone is 4. The Morgan fingerprint density at radius 2 is 2.27 bits per heavy atom. The third-order valence-corrected chi connectivity index (χ3v) is 0.863. The molecule has 0 unspecified atom stereocenters. The maximum absolute atomic E-state index is 10.6. The van der Waals surface area contributed by atoms with Gasteiger partial charge in [0.05, 0.1) is 6.07 Å². The molecule has 0 heterocycles. The zero-order valence-corrected chi connectivity index (χ0v) is 5.82. The molecule has 0 fully saturated rings. The number of ketones is 1. The van der Waals surface area contributed by atoms with Gasteiger partial charge in [-0.05, 0) is 18.2 Å². The van der Waals surface area contributed by atoms with Crippen molar-refractivity contribution in [1.82, 2.24) is 0 Å². The molecule has 0 aromatic rings. The van der Waals surface area contributed by atoms with E-state index in [0.717, 1.165) is 18.2 Å². The summed E-state index contributed by atoms with van der Waals surface area (Å²) in [5.74, 6) is -0.987. The van der Waals surface area contributed by atoms with Crippen molar-refractivity contribution in [2.75, 3.05) is 0 Å². The first-order valence-corrected chi connectivity index (χ1v) is 2.84. The summed E-state index contributed by atoms with van der Waals surface area (Å²) >= 11 is 0. The average molecular weight is 149 g/mol. The van der Waals surface area contributed by atoms with Crippen LogP contribution >= 0.6 is 0 Å². The van der Waals surface area contributed by atoms with Gasteiger partial charge in [0.2, 0.25) is 5.78 Å². The van der Waals surface area contributed by atoms with E-state index in [-0.39, 0.29) is 0 Å². The molecule has 0 aromatic heterocycles. The van der Waals surface area contributed by atoms with E-state index < -0.39 is 11.5 Å². The van der Waals surface area contributed by atoms with Crippen LogP contribution in [0.15, 0.2) is 36.6 Å². The molecule has 0 atom stereocenters. The van der Waals surface area contributed by atoms with Crippen LogP contribution in [-0.2, 0) is 4.79 Å². The van der Waals surface area contributed by atoms with Crippen molar-refractivity contribution < 1.29 is 9.90 Å². The highest BCUT2D eigenvalue weighted by molar-refractivity contribution is 6.01. The first-order valence-electron chi connectivity index (χ1n) is 2.84. The molecule has 56 valence electrons.